The van der Waals surface area contributed by atoms with Crippen LogP contribution in [0.4, 0.5) is 4.39 Å². The fourth-order valence-electron chi connectivity index (χ4n) is 1.46. The lowest BCUT2D eigenvalue weighted by atomic mass is 10.1. The van der Waals surface area contributed by atoms with Crippen molar-refractivity contribution in [3.8, 4) is 11.3 Å². The van der Waals surface area contributed by atoms with Gasteiger partial charge in [-0.25, -0.2) is 17.5 Å². The number of sulfonamides is 1. The molecule has 1 aromatic heterocycles. The van der Waals surface area contributed by atoms with Gasteiger partial charge in [0.1, 0.15) is 10.7 Å². The van der Waals surface area contributed by atoms with Crippen LogP contribution in [0.1, 0.15) is 0 Å². The van der Waals surface area contributed by atoms with Gasteiger partial charge in [-0.2, -0.15) is 0 Å². The number of aromatic nitrogens is 2. The average molecular weight is 302 g/mol. The number of nitrogens with zero attached hydrogens (tertiary/aromatic N) is 2. The molecule has 2 aromatic rings. The lowest BCUT2D eigenvalue weighted by Crippen LogP contribution is -2.19. The molecule has 0 atom stereocenters. The second-order valence-corrected chi connectivity index (χ2v) is 5.84. The number of nitrogens with one attached hydrogen (secondary N) is 1. The molecule has 0 saturated heterocycles. The Morgan fingerprint density at radius 2 is 1.95 bits per heavy atom. The molecule has 1 N–H and O–H groups in total. The first-order valence-electron chi connectivity index (χ1n) is 5.17. The minimum Gasteiger partial charge on any atom is -0.214 e. The normalized spacial score (nSPS) is 11.5. The van der Waals surface area contributed by atoms with E-state index < -0.39 is 20.7 Å². The van der Waals surface area contributed by atoms with E-state index >= 15 is 0 Å². The summed E-state index contributed by atoms with van der Waals surface area (Å²) in [5, 5.41) is 7.64. The molecule has 0 aliphatic heterocycles. The summed E-state index contributed by atoms with van der Waals surface area (Å²) in [5.74, 6) is -0.858. The highest BCUT2D eigenvalue weighted by Gasteiger charge is 2.17. The minimum absolute atomic E-state index is 0.221. The molecule has 0 saturated carbocycles. The summed E-state index contributed by atoms with van der Waals surface area (Å²) in [7, 11) is -2.60. The molecule has 19 heavy (non-hydrogen) atoms. The Kier molecular flexibility index (Phi) is 3.79. The Morgan fingerprint density at radius 3 is 2.47 bits per heavy atom. The van der Waals surface area contributed by atoms with Crippen LogP contribution in [0.3, 0.4) is 0 Å². The van der Waals surface area contributed by atoms with E-state index in [0.29, 0.717) is 11.3 Å². The predicted octanol–water partition coefficient (Wildman–Crippen LogP) is 1.84. The van der Waals surface area contributed by atoms with Gasteiger partial charge in [-0.05, 0) is 31.3 Å². The number of halogens is 2. The summed E-state index contributed by atoms with van der Waals surface area (Å²) in [6.45, 7) is 0. The fraction of sp³-hybridized carbons (Fsp3) is 0.0909. The van der Waals surface area contributed by atoms with E-state index in [0.717, 1.165) is 6.07 Å². The molecule has 0 unspecified atom stereocenters. The SMILES string of the molecule is CNS(=O)(=O)c1ccc(-c2ccc(Cl)nn2)cc1F. The molecule has 0 amide bonds. The van der Waals surface area contributed by atoms with Crippen LogP contribution < -0.4 is 4.72 Å². The van der Waals surface area contributed by atoms with Gasteiger partial charge >= 0.3 is 0 Å². The third-order valence-corrected chi connectivity index (χ3v) is 4.07. The van der Waals surface area contributed by atoms with Gasteiger partial charge in [0.15, 0.2) is 5.15 Å². The van der Waals surface area contributed by atoms with E-state index in [9.17, 15) is 12.8 Å². The van der Waals surface area contributed by atoms with Crippen LogP contribution in [-0.2, 0) is 10.0 Å². The van der Waals surface area contributed by atoms with Crippen molar-refractivity contribution in [3.63, 3.8) is 0 Å². The topological polar surface area (TPSA) is 72.0 Å². The Bertz CT molecular complexity index is 704. The zero-order valence-corrected chi connectivity index (χ0v) is 11.3. The van der Waals surface area contributed by atoms with Crippen LogP contribution in [0.25, 0.3) is 11.3 Å². The van der Waals surface area contributed by atoms with Crippen molar-refractivity contribution in [2.75, 3.05) is 7.05 Å². The maximum Gasteiger partial charge on any atom is 0.243 e. The fourth-order valence-corrected chi connectivity index (χ4v) is 2.34. The van der Waals surface area contributed by atoms with Crippen molar-refractivity contribution in [3.05, 3.63) is 41.3 Å². The van der Waals surface area contributed by atoms with Gasteiger partial charge in [0.05, 0.1) is 5.69 Å². The van der Waals surface area contributed by atoms with Crippen molar-refractivity contribution in [1.82, 2.24) is 14.9 Å². The van der Waals surface area contributed by atoms with E-state index in [1.54, 1.807) is 6.07 Å². The van der Waals surface area contributed by atoms with Gasteiger partial charge in [0.2, 0.25) is 10.0 Å². The first kappa shape index (κ1) is 13.9. The van der Waals surface area contributed by atoms with E-state index in [-0.39, 0.29) is 5.15 Å². The highest BCUT2D eigenvalue weighted by molar-refractivity contribution is 7.89. The highest BCUT2D eigenvalue weighted by atomic mass is 35.5. The number of hydrogen-bond acceptors (Lipinski definition) is 4. The highest BCUT2D eigenvalue weighted by Crippen LogP contribution is 2.22. The molecule has 5 nitrogen and oxygen atoms in total. The molecular formula is C11H9ClFN3O2S. The quantitative estimate of drug-likeness (QED) is 0.939. The molecule has 0 fully saturated rings. The molecule has 0 aliphatic carbocycles. The zero-order valence-electron chi connectivity index (χ0n) is 9.76. The van der Waals surface area contributed by atoms with Gasteiger partial charge in [-0.3, -0.25) is 0 Å². The summed E-state index contributed by atoms with van der Waals surface area (Å²) in [6.07, 6.45) is 0. The zero-order chi connectivity index (χ0) is 14.0. The third-order valence-electron chi connectivity index (χ3n) is 2.42. The van der Waals surface area contributed by atoms with Gasteiger partial charge in [-0.15, -0.1) is 10.2 Å². The molecule has 8 heteroatoms. The molecular weight excluding hydrogens is 293 g/mol. The van der Waals surface area contributed by atoms with Crippen molar-refractivity contribution < 1.29 is 12.8 Å². The number of benzene rings is 1. The second kappa shape index (κ2) is 5.20. The van der Waals surface area contributed by atoms with Crippen molar-refractivity contribution in [2.24, 2.45) is 0 Å². The molecule has 0 bridgehead atoms. The van der Waals surface area contributed by atoms with E-state index in [4.69, 9.17) is 11.6 Å². The van der Waals surface area contributed by atoms with Crippen LogP contribution in [0.5, 0.6) is 0 Å². The van der Waals surface area contributed by atoms with E-state index in [1.165, 1.54) is 25.2 Å². The second-order valence-electron chi connectivity index (χ2n) is 3.59. The molecule has 1 heterocycles. The molecule has 100 valence electrons. The maximum atomic E-state index is 13.8. The Hall–Kier alpha value is -1.57. The predicted molar refractivity (Wildman–Crippen MR) is 68.7 cm³/mol. The smallest absolute Gasteiger partial charge is 0.214 e. The summed E-state index contributed by atoms with van der Waals surface area (Å²) >= 11 is 5.60. The molecule has 0 radical (unpaired) electrons. The van der Waals surface area contributed by atoms with Gasteiger partial charge in [0.25, 0.3) is 0 Å². The first-order chi connectivity index (χ1) is 8.94. The van der Waals surface area contributed by atoms with Crippen molar-refractivity contribution >= 4 is 21.6 Å². The Labute approximate surface area is 114 Å². The van der Waals surface area contributed by atoms with Gasteiger partial charge in [0, 0.05) is 5.56 Å². The summed E-state index contributed by atoms with van der Waals surface area (Å²) < 4.78 is 38.9. The monoisotopic (exact) mass is 301 g/mol. The van der Waals surface area contributed by atoms with E-state index in [2.05, 4.69) is 14.9 Å². The summed E-state index contributed by atoms with van der Waals surface area (Å²) in [6, 6.07) is 6.79. The van der Waals surface area contributed by atoms with Crippen LogP contribution in [0.15, 0.2) is 35.2 Å². The first-order valence-corrected chi connectivity index (χ1v) is 7.03. The lowest BCUT2D eigenvalue weighted by Gasteiger charge is -2.06. The number of rotatable bonds is 3. The molecule has 2 rings (SSSR count). The van der Waals surface area contributed by atoms with Crippen LogP contribution >= 0.6 is 11.6 Å². The Balaban J connectivity index is 2.47. The largest absolute Gasteiger partial charge is 0.243 e. The number of hydrogen-bond donors (Lipinski definition) is 1. The van der Waals surface area contributed by atoms with Crippen LogP contribution in [-0.4, -0.2) is 25.7 Å². The average Bonchev–Trinajstić information content (AvgIpc) is 2.39. The molecule has 0 spiro atoms. The van der Waals surface area contributed by atoms with Gasteiger partial charge in [-0.1, -0.05) is 17.7 Å². The maximum absolute atomic E-state index is 13.8. The van der Waals surface area contributed by atoms with Crippen LogP contribution in [0.2, 0.25) is 5.15 Å². The molecule has 1 aromatic carbocycles. The van der Waals surface area contributed by atoms with Crippen LogP contribution in [0, 0.1) is 5.82 Å². The standard InChI is InChI=1S/C11H9ClFN3O2S/c1-14-19(17,18)10-4-2-7(6-8(10)13)9-3-5-11(12)16-15-9/h2-6,14H,1H3. The minimum atomic E-state index is -3.82. The van der Waals surface area contributed by atoms with Crippen molar-refractivity contribution in [2.45, 2.75) is 4.90 Å². The summed E-state index contributed by atoms with van der Waals surface area (Å²) in [5.41, 5.74) is 0.813. The van der Waals surface area contributed by atoms with E-state index in [1.807, 2.05) is 0 Å². The Morgan fingerprint density at radius 1 is 1.21 bits per heavy atom. The lowest BCUT2D eigenvalue weighted by molar-refractivity contribution is 0.562. The third kappa shape index (κ3) is 2.89. The van der Waals surface area contributed by atoms with Crippen molar-refractivity contribution in [1.29, 1.82) is 0 Å². The van der Waals surface area contributed by atoms with Gasteiger partial charge < -0.3 is 0 Å². The summed E-state index contributed by atoms with van der Waals surface area (Å²) in [4.78, 5) is -0.416. The molecule has 0 aliphatic rings.